The van der Waals surface area contributed by atoms with Crippen molar-refractivity contribution in [3.8, 4) is 0 Å². The molecule has 2 rings (SSSR count). The second-order valence-electron chi connectivity index (χ2n) is 6.52. The Hall–Kier alpha value is -1.49. The molecule has 1 aromatic rings. The molecule has 152 valence electrons. The quantitative estimate of drug-likeness (QED) is 0.321. The van der Waals surface area contributed by atoms with Crippen molar-refractivity contribution in [3.63, 3.8) is 0 Å². The molecule has 2 unspecified atom stereocenters. The lowest BCUT2D eigenvalue weighted by atomic mass is 10.0. The third kappa shape index (κ3) is 6.87. The van der Waals surface area contributed by atoms with E-state index in [2.05, 4.69) is 20.9 Å². The van der Waals surface area contributed by atoms with E-state index in [0.29, 0.717) is 25.5 Å². The first kappa shape index (κ1) is 23.5. The summed E-state index contributed by atoms with van der Waals surface area (Å²) in [5.74, 6) is -0.538. The fourth-order valence-corrected chi connectivity index (χ4v) is 2.89. The lowest BCUT2D eigenvalue weighted by Gasteiger charge is -2.27. The van der Waals surface area contributed by atoms with Crippen LogP contribution in [0, 0.1) is 11.6 Å². The van der Waals surface area contributed by atoms with Gasteiger partial charge in [-0.25, -0.2) is 8.78 Å². The van der Waals surface area contributed by atoms with Crippen LogP contribution in [0.15, 0.2) is 23.2 Å². The van der Waals surface area contributed by atoms with Gasteiger partial charge >= 0.3 is 0 Å². The van der Waals surface area contributed by atoms with Gasteiger partial charge in [-0.2, -0.15) is 0 Å². The van der Waals surface area contributed by atoms with E-state index in [-0.39, 0.29) is 48.0 Å². The van der Waals surface area contributed by atoms with E-state index in [9.17, 15) is 13.6 Å². The van der Waals surface area contributed by atoms with Crippen LogP contribution in [0.3, 0.4) is 0 Å². The Morgan fingerprint density at radius 2 is 2.04 bits per heavy atom. The fraction of sp³-hybridized carbons (Fsp3) is 0.556. The second kappa shape index (κ2) is 11.4. The van der Waals surface area contributed by atoms with Crippen LogP contribution in [0.1, 0.15) is 31.4 Å². The number of guanidine groups is 1. The lowest BCUT2D eigenvalue weighted by molar-refractivity contribution is -0.122. The van der Waals surface area contributed by atoms with Gasteiger partial charge in [-0.3, -0.25) is 9.79 Å². The van der Waals surface area contributed by atoms with Crippen molar-refractivity contribution in [1.29, 1.82) is 0 Å². The Morgan fingerprint density at radius 1 is 1.37 bits per heavy atom. The first-order chi connectivity index (χ1) is 12.4. The Balaban J connectivity index is 0.00000364. The predicted octanol–water partition coefficient (Wildman–Crippen LogP) is 2.02. The number of amides is 1. The molecule has 1 amide bonds. The molecule has 0 saturated carbocycles. The van der Waals surface area contributed by atoms with E-state index in [0.717, 1.165) is 6.42 Å². The maximum absolute atomic E-state index is 14.2. The van der Waals surface area contributed by atoms with Gasteiger partial charge in [0.15, 0.2) is 5.96 Å². The van der Waals surface area contributed by atoms with Crippen LogP contribution in [-0.4, -0.2) is 56.5 Å². The summed E-state index contributed by atoms with van der Waals surface area (Å²) in [5, 5.41) is 9.22. The first-order valence-corrected chi connectivity index (χ1v) is 8.84. The number of rotatable bonds is 6. The molecule has 0 aliphatic carbocycles. The molecule has 3 N–H and O–H groups in total. The summed E-state index contributed by atoms with van der Waals surface area (Å²) >= 11 is 0. The highest BCUT2D eigenvalue weighted by molar-refractivity contribution is 14.0. The van der Waals surface area contributed by atoms with Crippen molar-refractivity contribution < 1.29 is 13.6 Å². The number of nitrogens with one attached hydrogen (secondary N) is 3. The summed E-state index contributed by atoms with van der Waals surface area (Å²) < 4.78 is 28.3. The lowest BCUT2D eigenvalue weighted by Crippen LogP contribution is -2.51. The van der Waals surface area contributed by atoms with Crippen LogP contribution in [0.2, 0.25) is 0 Å². The molecule has 1 fully saturated rings. The van der Waals surface area contributed by atoms with Crippen molar-refractivity contribution in [2.24, 2.45) is 4.99 Å². The smallest absolute Gasteiger partial charge is 0.220 e. The van der Waals surface area contributed by atoms with Gasteiger partial charge in [-0.05, 0) is 39.6 Å². The minimum absolute atomic E-state index is 0. The van der Waals surface area contributed by atoms with Crippen molar-refractivity contribution in [1.82, 2.24) is 20.9 Å². The van der Waals surface area contributed by atoms with Gasteiger partial charge in [-0.1, -0.05) is 6.07 Å². The van der Waals surface area contributed by atoms with Crippen LogP contribution in [0.5, 0.6) is 0 Å². The average molecular weight is 495 g/mol. The molecule has 0 spiro atoms. The predicted molar refractivity (Wildman–Crippen MR) is 113 cm³/mol. The Labute approximate surface area is 176 Å². The number of benzene rings is 1. The highest BCUT2D eigenvalue weighted by atomic mass is 127. The van der Waals surface area contributed by atoms with Crippen LogP contribution < -0.4 is 16.0 Å². The molecule has 6 nitrogen and oxygen atoms in total. The standard InChI is InChI=1S/C18H27F2N5O.HI/c1-4-21-18(24-12-8-9-16(26)22-10-12)23-11-15(25(2)3)17-13(19)6-5-7-14(17)20;/h5-7,12,15H,4,8-11H2,1-3H3,(H,22,26)(H2,21,23,24);1H. The van der Waals surface area contributed by atoms with Gasteiger partial charge in [0, 0.05) is 31.1 Å². The van der Waals surface area contributed by atoms with E-state index < -0.39 is 17.7 Å². The zero-order chi connectivity index (χ0) is 19.1. The third-order valence-corrected chi connectivity index (χ3v) is 4.33. The third-order valence-electron chi connectivity index (χ3n) is 4.33. The summed E-state index contributed by atoms with van der Waals surface area (Å²) in [6.45, 7) is 3.33. The second-order valence-corrected chi connectivity index (χ2v) is 6.52. The number of aliphatic imine (C=N–C) groups is 1. The van der Waals surface area contributed by atoms with Crippen LogP contribution in [0.25, 0.3) is 0 Å². The number of piperidine rings is 1. The molecule has 9 heteroatoms. The molecule has 27 heavy (non-hydrogen) atoms. The first-order valence-electron chi connectivity index (χ1n) is 8.84. The molecule has 1 heterocycles. The monoisotopic (exact) mass is 495 g/mol. The van der Waals surface area contributed by atoms with Crippen LogP contribution in [-0.2, 0) is 4.79 Å². The van der Waals surface area contributed by atoms with Crippen molar-refractivity contribution in [3.05, 3.63) is 35.4 Å². The zero-order valence-electron chi connectivity index (χ0n) is 15.9. The molecule has 0 bridgehead atoms. The fourth-order valence-electron chi connectivity index (χ4n) is 2.89. The highest BCUT2D eigenvalue weighted by Gasteiger charge is 2.23. The molecular weight excluding hydrogens is 467 g/mol. The maximum Gasteiger partial charge on any atom is 0.220 e. The number of halogens is 3. The van der Waals surface area contributed by atoms with Gasteiger partial charge in [0.05, 0.1) is 12.6 Å². The number of hydrogen-bond acceptors (Lipinski definition) is 3. The van der Waals surface area contributed by atoms with Crippen molar-refractivity contribution >= 4 is 35.8 Å². The van der Waals surface area contributed by atoms with Gasteiger partial charge in [0.25, 0.3) is 0 Å². The molecule has 0 aromatic heterocycles. The number of likely N-dealkylation sites (N-methyl/N-ethyl adjacent to an activating group) is 1. The largest absolute Gasteiger partial charge is 0.357 e. The summed E-state index contributed by atoms with van der Waals surface area (Å²) in [4.78, 5) is 17.5. The molecule has 2 atom stereocenters. The van der Waals surface area contributed by atoms with E-state index in [1.54, 1.807) is 19.0 Å². The molecular formula is C18H28F2IN5O. The SMILES string of the molecule is CCNC(=NCC(c1c(F)cccc1F)N(C)C)NC1CCC(=O)NC1.I. The Kier molecular flexibility index (Phi) is 9.92. The van der Waals surface area contributed by atoms with Gasteiger partial charge < -0.3 is 20.9 Å². The molecule has 0 radical (unpaired) electrons. The molecule has 1 aliphatic rings. The van der Waals surface area contributed by atoms with Crippen molar-refractivity contribution in [2.45, 2.75) is 31.8 Å². The molecule has 1 aromatic carbocycles. The highest BCUT2D eigenvalue weighted by Crippen LogP contribution is 2.24. The zero-order valence-corrected chi connectivity index (χ0v) is 18.2. The van der Waals surface area contributed by atoms with Crippen LogP contribution in [0.4, 0.5) is 8.78 Å². The van der Waals surface area contributed by atoms with E-state index >= 15 is 0 Å². The Bertz CT molecular complexity index is 626. The maximum atomic E-state index is 14.2. The summed E-state index contributed by atoms with van der Waals surface area (Å²) in [7, 11) is 3.53. The summed E-state index contributed by atoms with van der Waals surface area (Å²) in [6.07, 6.45) is 1.19. The molecule has 1 saturated heterocycles. The van der Waals surface area contributed by atoms with E-state index in [4.69, 9.17) is 0 Å². The number of nitrogens with zero attached hydrogens (tertiary/aromatic N) is 2. The van der Waals surface area contributed by atoms with Gasteiger partial charge in [0.1, 0.15) is 11.6 Å². The minimum Gasteiger partial charge on any atom is -0.357 e. The molecule has 1 aliphatic heterocycles. The summed E-state index contributed by atoms with van der Waals surface area (Å²) in [5.41, 5.74) is 0.0158. The van der Waals surface area contributed by atoms with Gasteiger partial charge in [0.2, 0.25) is 5.91 Å². The van der Waals surface area contributed by atoms with Gasteiger partial charge in [-0.15, -0.1) is 24.0 Å². The minimum atomic E-state index is -0.577. The summed E-state index contributed by atoms with van der Waals surface area (Å²) in [6, 6.07) is 3.42. The van der Waals surface area contributed by atoms with Crippen molar-refractivity contribution in [2.75, 3.05) is 33.7 Å². The normalized spacial score (nSPS) is 18.5. The number of carbonyl (C=O) groups excluding carboxylic acids is 1. The Morgan fingerprint density at radius 3 is 2.56 bits per heavy atom. The van der Waals surface area contributed by atoms with E-state index in [1.807, 2.05) is 6.92 Å². The number of hydrogen-bond donors (Lipinski definition) is 3. The number of carbonyl (C=O) groups is 1. The topological polar surface area (TPSA) is 68.8 Å². The van der Waals surface area contributed by atoms with E-state index in [1.165, 1.54) is 18.2 Å². The average Bonchev–Trinajstić information content (AvgIpc) is 2.59. The van der Waals surface area contributed by atoms with Crippen LogP contribution >= 0.6 is 24.0 Å².